The Morgan fingerprint density at radius 1 is 1.17 bits per heavy atom. The normalized spacial score (nSPS) is 11.2. The van der Waals surface area contributed by atoms with Gasteiger partial charge in [0.25, 0.3) is 0 Å². The van der Waals surface area contributed by atoms with E-state index in [0.717, 1.165) is 31.4 Å². The number of hydrogen-bond acceptors (Lipinski definition) is 2. The van der Waals surface area contributed by atoms with Crippen LogP contribution in [0.15, 0.2) is 12.2 Å². The zero-order valence-electron chi connectivity index (χ0n) is 7.59. The monoisotopic (exact) mass is 236 g/mol. The summed E-state index contributed by atoms with van der Waals surface area (Å²) in [7, 11) is 0. The van der Waals surface area contributed by atoms with Crippen molar-refractivity contribution in [3.8, 4) is 0 Å². The molecule has 72 valence electrons. The number of ether oxygens (including phenoxy) is 2. The topological polar surface area (TPSA) is 18.5 Å². The van der Waals surface area contributed by atoms with Gasteiger partial charge in [0.2, 0.25) is 0 Å². The molecule has 0 aliphatic carbocycles. The molecule has 0 saturated heterocycles. The summed E-state index contributed by atoms with van der Waals surface area (Å²) in [4.78, 5) is 0. The van der Waals surface area contributed by atoms with Crippen LogP contribution < -0.4 is 0 Å². The summed E-state index contributed by atoms with van der Waals surface area (Å²) in [6.45, 7) is 3.85. The van der Waals surface area contributed by atoms with Crippen molar-refractivity contribution in [2.24, 2.45) is 0 Å². The van der Waals surface area contributed by atoms with Crippen molar-refractivity contribution in [2.75, 3.05) is 25.3 Å². The molecule has 0 radical (unpaired) electrons. The van der Waals surface area contributed by atoms with Gasteiger partial charge >= 0.3 is 0 Å². The number of rotatable bonds is 8. The van der Waals surface area contributed by atoms with E-state index in [1.165, 1.54) is 0 Å². The maximum Gasteiger partial charge on any atom is 0.146 e. The molecule has 0 heterocycles. The van der Waals surface area contributed by atoms with Crippen molar-refractivity contribution < 1.29 is 9.47 Å². The van der Waals surface area contributed by atoms with Crippen LogP contribution in [-0.4, -0.2) is 25.3 Å². The van der Waals surface area contributed by atoms with E-state index in [4.69, 9.17) is 9.47 Å². The number of alkyl halides is 1. The highest BCUT2D eigenvalue weighted by atomic mass is 79.9. The van der Waals surface area contributed by atoms with E-state index >= 15 is 0 Å². The molecule has 0 unspecified atom stereocenters. The fraction of sp³-hybridized carbons (Fsp3) is 0.778. The third-order valence-electron chi connectivity index (χ3n) is 1.24. The Balaban J connectivity index is 2.90. The molecule has 0 aromatic carbocycles. The van der Waals surface area contributed by atoms with E-state index in [-0.39, 0.29) is 0 Å². The number of allylic oxidation sites excluding steroid dienone is 1. The zero-order chi connectivity index (χ0) is 9.07. The van der Waals surface area contributed by atoms with Crippen LogP contribution in [0.5, 0.6) is 0 Å². The third kappa shape index (κ3) is 10.1. The minimum atomic E-state index is 0.419. The van der Waals surface area contributed by atoms with Gasteiger partial charge in [-0.2, -0.15) is 0 Å². The molecule has 0 aliphatic rings. The van der Waals surface area contributed by atoms with Gasteiger partial charge < -0.3 is 9.47 Å². The first-order valence-corrected chi connectivity index (χ1v) is 5.40. The quantitative estimate of drug-likeness (QED) is 0.279. The van der Waals surface area contributed by atoms with Gasteiger partial charge in [-0.3, -0.25) is 0 Å². The summed E-state index contributed by atoms with van der Waals surface area (Å²) in [6.07, 6.45) is 6.34. The van der Waals surface area contributed by atoms with E-state index in [1.807, 2.05) is 6.92 Å². The molecule has 0 fully saturated rings. The molecule has 0 saturated carbocycles. The van der Waals surface area contributed by atoms with Gasteiger partial charge in [0.15, 0.2) is 0 Å². The van der Waals surface area contributed by atoms with Crippen molar-refractivity contribution in [3.63, 3.8) is 0 Å². The molecule has 0 aromatic heterocycles. The van der Waals surface area contributed by atoms with Gasteiger partial charge in [-0.15, -0.1) is 0 Å². The molecule has 3 heteroatoms. The Labute approximate surface area is 83.1 Å². The zero-order valence-corrected chi connectivity index (χ0v) is 9.18. The van der Waals surface area contributed by atoms with Crippen molar-refractivity contribution in [1.82, 2.24) is 0 Å². The summed E-state index contributed by atoms with van der Waals surface area (Å²) in [5.74, 6) is 0. The Bertz CT molecular complexity index is 105. The first kappa shape index (κ1) is 12.1. The summed E-state index contributed by atoms with van der Waals surface area (Å²) in [5.41, 5.74) is 0. The molecule has 0 bridgehead atoms. The van der Waals surface area contributed by atoms with Gasteiger partial charge in [0.1, 0.15) is 6.79 Å². The summed E-state index contributed by atoms with van der Waals surface area (Å²) in [6, 6.07) is 0. The van der Waals surface area contributed by atoms with Gasteiger partial charge in [-0.25, -0.2) is 0 Å². The molecule has 0 atom stereocenters. The van der Waals surface area contributed by atoms with E-state index in [1.54, 1.807) is 0 Å². The lowest BCUT2D eigenvalue weighted by Gasteiger charge is -2.00. The lowest BCUT2D eigenvalue weighted by atomic mass is 10.3. The fourth-order valence-electron chi connectivity index (χ4n) is 0.651. The van der Waals surface area contributed by atoms with Crippen molar-refractivity contribution >= 4 is 15.9 Å². The summed E-state index contributed by atoms with van der Waals surface area (Å²) >= 11 is 3.35. The minimum Gasteiger partial charge on any atom is -0.356 e. The average molecular weight is 237 g/mol. The van der Waals surface area contributed by atoms with Crippen LogP contribution in [0.1, 0.15) is 19.8 Å². The Hall–Kier alpha value is 0.140. The first-order chi connectivity index (χ1) is 5.91. The predicted molar refractivity (Wildman–Crippen MR) is 54.6 cm³/mol. The highest BCUT2D eigenvalue weighted by Gasteiger charge is 1.83. The summed E-state index contributed by atoms with van der Waals surface area (Å²) < 4.78 is 10.2. The van der Waals surface area contributed by atoms with Gasteiger partial charge in [-0.1, -0.05) is 28.1 Å². The van der Waals surface area contributed by atoms with Crippen LogP contribution in [0.2, 0.25) is 0 Å². The second-order valence-corrected chi connectivity index (χ2v) is 3.05. The smallest absolute Gasteiger partial charge is 0.146 e. The van der Waals surface area contributed by atoms with Crippen LogP contribution in [0, 0.1) is 0 Å². The summed E-state index contributed by atoms with van der Waals surface area (Å²) in [5, 5.41) is 1.03. The third-order valence-corrected chi connectivity index (χ3v) is 1.70. The van der Waals surface area contributed by atoms with Gasteiger partial charge in [-0.05, 0) is 19.8 Å². The second kappa shape index (κ2) is 11.1. The van der Waals surface area contributed by atoms with E-state index < -0.39 is 0 Å². The lowest BCUT2D eigenvalue weighted by molar-refractivity contribution is -0.0476. The highest BCUT2D eigenvalue weighted by molar-refractivity contribution is 9.09. The SMILES string of the molecule is CCOCOCC/C=C/CCBr. The lowest BCUT2D eigenvalue weighted by Crippen LogP contribution is -1.99. The standard InChI is InChI=1S/C9H17BrO2/c1-2-11-9-12-8-6-4-3-5-7-10/h3-4H,2,5-9H2,1H3/b4-3+. The van der Waals surface area contributed by atoms with Crippen molar-refractivity contribution in [1.29, 1.82) is 0 Å². The predicted octanol–water partition coefficient (Wildman–Crippen LogP) is 2.73. The van der Waals surface area contributed by atoms with Crippen molar-refractivity contribution in [3.05, 3.63) is 12.2 Å². The molecule has 0 amide bonds. The van der Waals surface area contributed by atoms with Crippen LogP contribution >= 0.6 is 15.9 Å². The molecular weight excluding hydrogens is 220 g/mol. The molecule has 0 aliphatic heterocycles. The van der Waals surface area contributed by atoms with E-state index in [0.29, 0.717) is 6.79 Å². The molecule has 2 nitrogen and oxygen atoms in total. The maximum absolute atomic E-state index is 5.17. The maximum atomic E-state index is 5.17. The van der Waals surface area contributed by atoms with Crippen molar-refractivity contribution in [2.45, 2.75) is 19.8 Å². The van der Waals surface area contributed by atoms with E-state index in [2.05, 4.69) is 28.1 Å². The largest absolute Gasteiger partial charge is 0.356 e. The molecule has 0 aromatic rings. The van der Waals surface area contributed by atoms with Gasteiger partial charge in [0.05, 0.1) is 6.61 Å². The highest BCUT2D eigenvalue weighted by Crippen LogP contribution is 1.92. The molecule has 12 heavy (non-hydrogen) atoms. The molecule has 0 N–H and O–H groups in total. The minimum absolute atomic E-state index is 0.419. The molecular formula is C9H17BrO2. The Kier molecular flexibility index (Phi) is 11.3. The number of hydrogen-bond donors (Lipinski definition) is 0. The average Bonchev–Trinajstić information content (AvgIpc) is 2.10. The molecule has 0 spiro atoms. The Morgan fingerprint density at radius 3 is 2.58 bits per heavy atom. The fourth-order valence-corrected chi connectivity index (χ4v) is 0.916. The van der Waals surface area contributed by atoms with Crippen LogP contribution in [-0.2, 0) is 9.47 Å². The van der Waals surface area contributed by atoms with E-state index in [9.17, 15) is 0 Å². The van der Waals surface area contributed by atoms with Crippen LogP contribution in [0.4, 0.5) is 0 Å². The molecule has 0 rings (SSSR count). The second-order valence-electron chi connectivity index (χ2n) is 2.26. The van der Waals surface area contributed by atoms with Crippen LogP contribution in [0.3, 0.4) is 0 Å². The number of halogens is 1. The van der Waals surface area contributed by atoms with Gasteiger partial charge in [0, 0.05) is 11.9 Å². The van der Waals surface area contributed by atoms with Crippen LogP contribution in [0.25, 0.3) is 0 Å². The Morgan fingerprint density at radius 2 is 1.92 bits per heavy atom. The first-order valence-electron chi connectivity index (χ1n) is 4.28.